The zero-order chi connectivity index (χ0) is 11.5. The third kappa shape index (κ3) is 1.91. The van der Waals surface area contributed by atoms with Gasteiger partial charge in [0.1, 0.15) is 6.54 Å². The van der Waals surface area contributed by atoms with Crippen LogP contribution < -0.4 is 0 Å². The van der Waals surface area contributed by atoms with E-state index in [9.17, 15) is 4.79 Å². The van der Waals surface area contributed by atoms with Gasteiger partial charge in [0.05, 0.1) is 11.8 Å². The van der Waals surface area contributed by atoms with E-state index in [0.29, 0.717) is 16.5 Å². The first kappa shape index (κ1) is 10.7. The molecule has 0 spiro atoms. The third-order valence-electron chi connectivity index (χ3n) is 1.87. The van der Waals surface area contributed by atoms with Crippen molar-refractivity contribution in [2.75, 3.05) is 6.26 Å². The molecule has 84 valence electrons. The van der Waals surface area contributed by atoms with Crippen LogP contribution in [0.1, 0.15) is 0 Å². The fraction of sp³-hybridized carbons (Fsp3) is 0.250. The Morgan fingerprint density at radius 2 is 2.50 bits per heavy atom. The van der Waals surface area contributed by atoms with Gasteiger partial charge in [-0.1, -0.05) is 11.8 Å². The number of tetrazole rings is 1. The number of carboxylic acids is 1. The topological polar surface area (TPSA) is 94.0 Å². The maximum Gasteiger partial charge on any atom is 0.325 e. The van der Waals surface area contributed by atoms with Gasteiger partial charge in [0.2, 0.25) is 0 Å². The normalized spacial score (nSPS) is 10.6. The van der Waals surface area contributed by atoms with Crippen LogP contribution in [0, 0.1) is 0 Å². The van der Waals surface area contributed by atoms with Gasteiger partial charge >= 0.3 is 5.97 Å². The third-order valence-corrected chi connectivity index (χ3v) is 2.56. The van der Waals surface area contributed by atoms with Gasteiger partial charge in [-0.2, -0.15) is 0 Å². The lowest BCUT2D eigenvalue weighted by Crippen LogP contribution is -2.11. The van der Waals surface area contributed by atoms with Crippen molar-refractivity contribution in [3.8, 4) is 11.4 Å². The maximum absolute atomic E-state index is 10.6. The molecule has 0 amide bonds. The van der Waals surface area contributed by atoms with Crippen LogP contribution in [0.5, 0.6) is 0 Å². The Kier molecular flexibility index (Phi) is 2.91. The summed E-state index contributed by atoms with van der Waals surface area (Å²) in [4.78, 5) is 10.6. The average molecular weight is 240 g/mol. The zero-order valence-corrected chi connectivity index (χ0v) is 9.14. The number of hydrogen-bond donors (Lipinski definition) is 1. The lowest BCUT2D eigenvalue weighted by Gasteiger charge is -2.00. The Labute approximate surface area is 94.4 Å². The summed E-state index contributed by atoms with van der Waals surface area (Å²) in [6.45, 7) is -0.276. The molecule has 0 aromatic carbocycles. The maximum atomic E-state index is 10.6. The van der Waals surface area contributed by atoms with Crippen molar-refractivity contribution in [3.63, 3.8) is 0 Å². The lowest BCUT2D eigenvalue weighted by atomic mass is 10.3. The molecule has 8 heteroatoms. The minimum absolute atomic E-state index is 0.276. The van der Waals surface area contributed by atoms with Crippen LogP contribution in [-0.2, 0) is 11.3 Å². The van der Waals surface area contributed by atoms with E-state index in [1.54, 1.807) is 6.07 Å². The Hall–Kier alpha value is -1.83. The molecule has 0 aliphatic rings. The summed E-state index contributed by atoms with van der Waals surface area (Å²) in [5.41, 5.74) is 0.693. The number of aliphatic carboxylic acids is 1. The molecule has 0 fully saturated rings. The number of carbonyl (C=O) groups is 1. The molecule has 0 atom stereocenters. The highest BCUT2D eigenvalue weighted by Gasteiger charge is 2.16. The quantitative estimate of drug-likeness (QED) is 0.787. The summed E-state index contributed by atoms with van der Waals surface area (Å²) in [5.74, 6) is -0.608. The molecule has 0 radical (unpaired) electrons. The summed E-state index contributed by atoms with van der Waals surface area (Å²) >= 11 is 1.40. The molecule has 1 N–H and O–H groups in total. The first-order valence-electron chi connectivity index (χ1n) is 4.32. The molecule has 2 rings (SSSR count). The van der Waals surface area contributed by atoms with E-state index in [1.807, 2.05) is 6.26 Å². The van der Waals surface area contributed by atoms with Crippen molar-refractivity contribution in [1.29, 1.82) is 0 Å². The van der Waals surface area contributed by atoms with Crippen LogP contribution in [0.3, 0.4) is 0 Å². The lowest BCUT2D eigenvalue weighted by molar-refractivity contribution is -0.137. The van der Waals surface area contributed by atoms with Gasteiger partial charge in [0.15, 0.2) is 10.9 Å². The van der Waals surface area contributed by atoms with Crippen molar-refractivity contribution in [2.24, 2.45) is 0 Å². The Morgan fingerprint density at radius 3 is 3.19 bits per heavy atom. The Bertz CT molecular complexity index is 507. The van der Waals surface area contributed by atoms with E-state index in [0.717, 1.165) is 0 Å². The highest BCUT2D eigenvalue weighted by Crippen LogP contribution is 2.29. The minimum Gasteiger partial charge on any atom is -0.480 e. The number of nitrogens with zero attached hydrogens (tertiary/aromatic N) is 4. The number of furan rings is 1. The summed E-state index contributed by atoms with van der Waals surface area (Å²) in [7, 11) is 0. The zero-order valence-electron chi connectivity index (χ0n) is 8.32. The molecule has 0 saturated heterocycles. The van der Waals surface area contributed by atoms with Crippen LogP contribution in [-0.4, -0.2) is 37.5 Å². The second kappa shape index (κ2) is 4.35. The smallest absolute Gasteiger partial charge is 0.325 e. The van der Waals surface area contributed by atoms with Gasteiger partial charge in [0, 0.05) is 0 Å². The number of aromatic nitrogens is 4. The monoisotopic (exact) mass is 240 g/mol. The van der Waals surface area contributed by atoms with Crippen molar-refractivity contribution < 1.29 is 14.3 Å². The van der Waals surface area contributed by atoms with Gasteiger partial charge in [-0.05, 0) is 22.7 Å². The minimum atomic E-state index is -0.997. The Morgan fingerprint density at radius 1 is 1.69 bits per heavy atom. The summed E-state index contributed by atoms with van der Waals surface area (Å²) < 4.78 is 6.42. The summed E-state index contributed by atoms with van der Waals surface area (Å²) in [6, 6.07) is 1.70. The van der Waals surface area contributed by atoms with Gasteiger partial charge in [-0.15, -0.1) is 5.10 Å². The molecule has 2 aromatic rings. The molecule has 16 heavy (non-hydrogen) atoms. The van der Waals surface area contributed by atoms with Gasteiger partial charge in [-0.3, -0.25) is 4.79 Å². The van der Waals surface area contributed by atoms with Crippen LogP contribution in [0.4, 0.5) is 0 Å². The first-order valence-corrected chi connectivity index (χ1v) is 5.54. The second-order valence-corrected chi connectivity index (χ2v) is 3.66. The van der Waals surface area contributed by atoms with Crippen LogP contribution >= 0.6 is 11.8 Å². The fourth-order valence-corrected chi connectivity index (χ4v) is 1.78. The molecule has 7 nitrogen and oxygen atoms in total. The SMILES string of the molecule is CSc1occc1-c1nnnn1CC(=O)O. The number of thioether (sulfide) groups is 1. The fourth-order valence-electron chi connectivity index (χ4n) is 1.25. The predicted octanol–water partition coefficient (Wildman–Crippen LogP) is 0.740. The highest BCUT2D eigenvalue weighted by atomic mass is 32.2. The van der Waals surface area contributed by atoms with Crippen molar-refractivity contribution >= 4 is 17.7 Å². The van der Waals surface area contributed by atoms with Gasteiger partial charge in [0.25, 0.3) is 0 Å². The number of rotatable bonds is 4. The molecule has 0 saturated carbocycles. The second-order valence-electron chi connectivity index (χ2n) is 2.88. The highest BCUT2D eigenvalue weighted by molar-refractivity contribution is 7.98. The van der Waals surface area contributed by atoms with Crippen LogP contribution in [0.2, 0.25) is 0 Å². The molecular weight excluding hydrogens is 232 g/mol. The van der Waals surface area contributed by atoms with E-state index in [2.05, 4.69) is 15.5 Å². The first-order chi connectivity index (χ1) is 7.72. The van der Waals surface area contributed by atoms with E-state index >= 15 is 0 Å². The van der Waals surface area contributed by atoms with E-state index in [-0.39, 0.29) is 6.54 Å². The van der Waals surface area contributed by atoms with Crippen LogP contribution in [0.25, 0.3) is 11.4 Å². The molecule has 0 aliphatic carbocycles. The molecule has 0 aliphatic heterocycles. The summed E-state index contributed by atoms with van der Waals surface area (Å²) in [6.07, 6.45) is 3.37. The Balaban J connectivity index is 2.40. The summed E-state index contributed by atoms with van der Waals surface area (Å²) in [5, 5.41) is 20.2. The largest absolute Gasteiger partial charge is 0.480 e. The molecular formula is C8H8N4O3S. The van der Waals surface area contributed by atoms with E-state index in [1.165, 1.54) is 22.7 Å². The predicted molar refractivity (Wildman–Crippen MR) is 54.9 cm³/mol. The van der Waals surface area contributed by atoms with E-state index in [4.69, 9.17) is 9.52 Å². The van der Waals surface area contributed by atoms with Gasteiger partial charge in [-0.25, -0.2) is 4.68 Å². The van der Waals surface area contributed by atoms with Crippen LogP contribution in [0.15, 0.2) is 21.8 Å². The van der Waals surface area contributed by atoms with Crippen molar-refractivity contribution in [2.45, 2.75) is 11.6 Å². The molecule has 2 aromatic heterocycles. The number of hydrogen-bond acceptors (Lipinski definition) is 6. The standard InChI is InChI=1S/C8H8N4O3S/c1-16-8-5(2-3-15-8)7-9-10-11-12(7)4-6(13)14/h2-3H,4H2,1H3,(H,13,14). The average Bonchev–Trinajstić information content (AvgIpc) is 2.83. The van der Waals surface area contributed by atoms with Crippen molar-refractivity contribution in [1.82, 2.24) is 20.2 Å². The number of carboxylic acid groups (broad SMARTS) is 1. The molecule has 2 heterocycles. The van der Waals surface area contributed by atoms with E-state index < -0.39 is 5.97 Å². The molecule has 0 unspecified atom stereocenters. The van der Waals surface area contributed by atoms with Gasteiger partial charge < -0.3 is 9.52 Å². The molecule has 0 bridgehead atoms. The van der Waals surface area contributed by atoms with Crippen molar-refractivity contribution in [3.05, 3.63) is 12.3 Å².